The Morgan fingerprint density at radius 2 is 2.07 bits per heavy atom. The minimum Gasteiger partial charge on any atom is -0.367 e. The highest BCUT2D eigenvalue weighted by Gasteiger charge is 2.13. The highest BCUT2D eigenvalue weighted by molar-refractivity contribution is 5.34. The van der Waals surface area contributed by atoms with Crippen molar-refractivity contribution in [2.45, 2.75) is 45.1 Å². The van der Waals surface area contributed by atoms with Crippen LogP contribution >= 0.6 is 0 Å². The van der Waals surface area contributed by atoms with Crippen LogP contribution in [0.1, 0.15) is 37.9 Å². The van der Waals surface area contributed by atoms with Gasteiger partial charge >= 0.3 is 0 Å². The molecule has 1 aliphatic carbocycles. The van der Waals surface area contributed by atoms with E-state index in [1.165, 1.54) is 32.1 Å². The summed E-state index contributed by atoms with van der Waals surface area (Å²) in [5.74, 6) is 1.82. The largest absolute Gasteiger partial charge is 0.367 e. The summed E-state index contributed by atoms with van der Waals surface area (Å²) in [5, 5.41) is 3.47. The van der Waals surface area contributed by atoms with Crippen LogP contribution in [0.15, 0.2) is 12.3 Å². The molecule has 0 unspecified atom stereocenters. The maximum atomic E-state index is 4.35. The molecule has 1 fully saturated rings. The maximum absolute atomic E-state index is 4.35. The van der Waals surface area contributed by atoms with Gasteiger partial charge in [-0.3, -0.25) is 0 Å². The summed E-state index contributed by atoms with van der Waals surface area (Å²) in [6.45, 7) is 1.92. The first-order chi connectivity index (χ1) is 6.84. The van der Waals surface area contributed by atoms with E-state index in [0.29, 0.717) is 6.04 Å². The highest BCUT2D eigenvalue weighted by Crippen LogP contribution is 2.20. The lowest BCUT2D eigenvalue weighted by atomic mass is 9.95. The Hall–Kier alpha value is -1.12. The Morgan fingerprint density at radius 1 is 1.29 bits per heavy atom. The van der Waals surface area contributed by atoms with Gasteiger partial charge in [-0.15, -0.1) is 0 Å². The summed E-state index contributed by atoms with van der Waals surface area (Å²) in [5.41, 5.74) is 0. The average Bonchev–Trinajstić information content (AvgIpc) is 2.19. The van der Waals surface area contributed by atoms with Crippen molar-refractivity contribution >= 4 is 5.82 Å². The normalized spacial score (nSPS) is 18.1. The third kappa shape index (κ3) is 2.44. The van der Waals surface area contributed by atoms with E-state index in [-0.39, 0.29) is 0 Å². The molecule has 1 heterocycles. The zero-order chi connectivity index (χ0) is 9.80. The molecule has 1 aliphatic rings. The van der Waals surface area contributed by atoms with Gasteiger partial charge in [0.05, 0.1) is 0 Å². The van der Waals surface area contributed by atoms with Crippen LogP contribution in [-0.4, -0.2) is 16.0 Å². The van der Waals surface area contributed by atoms with Gasteiger partial charge in [-0.2, -0.15) is 0 Å². The Morgan fingerprint density at radius 3 is 2.79 bits per heavy atom. The molecule has 3 heteroatoms. The number of hydrogen-bond acceptors (Lipinski definition) is 3. The van der Waals surface area contributed by atoms with E-state index < -0.39 is 0 Å². The molecule has 1 aromatic heterocycles. The van der Waals surface area contributed by atoms with Crippen molar-refractivity contribution in [1.29, 1.82) is 0 Å². The van der Waals surface area contributed by atoms with Gasteiger partial charge in [0, 0.05) is 12.2 Å². The summed E-state index contributed by atoms with van der Waals surface area (Å²) in [6.07, 6.45) is 8.46. The standard InChI is InChI=1S/C11H17N3/c1-9-12-8-7-11(13-9)14-10-5-3-2-4-6-10/h7-8,10H,2-6H2,1H3,(H,12,13,14). The van der Waals surface area contributed by atoms with Gasteiger partial charge in [-0.1, -0.05) is 19.3 Å². The number of aryl methyl sites for hydroxylation is 1. The van der Waals surface area contributed by atoms with Crippen LogP contribution in [0.4, 0.5) is 5.82 Å². The lowest BCUT2D eigenvalue weighted by Gasteiger charge is -2.23. The molecular formula is C11H17N3. The molecule has 0 aliphatic heterocycles. The van der Waals surface area contributed by atoms with Gasteiger partial charge < -0.3 is 5.32 Å². The van der Waals surface area contributed by atoms with Crippen LogP contribution in [0.3, 0.4) is 0 Å². The number of rotatable bonds is 2. The number of anilines is 1. The van der Waals surface area contributed by atoms with Crippen molar-refractivity contribution in [2.75, 3.05) is 5.32 Å². The zero-order valence-electron chi connectivity index (χ0n) is 8.66. The van der Waals surface area contributed by atoms with Crippen molar-refractivity contribution < 1.29 is 0 Å². The van der Waals surface area contributed by atoms with Crippen LogP contribution in [0.25, 0.3) is 0 Å². The molecule has 0 radical (unpaired) electrons. The smallest absolute Gasteiger partial charge is 0.129 e. The van der Waals surface area contributed by atoms with E-state index in [1.54, 1.807) is 0 Å². The molecule has 14 heavy (non-hydrogen) atoms. The lowest BCUT2D eigenvalue weighted by molar-refractivity contribution is 0.461. The van der Waals surface area contributed by atoms with E-state index >= 15 is 0 Å². The van der Waals surface area contributed by atoms with Gasteiger partial charge in [-0.05, 0) is 25.8 Å². The van der Waals surface area contributed by atoms with Gasteiger partial charge in [0.25, 0.3) is 0 Å². The lowest BCUT2D eigenvalue weighted by Crippen LogP contribution is -2.22. The van der Waals surface area contributed by atoms with Crippen LogP contribution in [0.5, 0.6) is 0 Å². The van der Waals surface area contributed by atoms with Crippen molar-refractivity contribution in [3.05, 3.63) is 18.1 Å². The van der Waals surface area contributed by atoms with E-state index in [0.717, 1.165) is 11.6 Å². The van der Waals surface area contributed by atoms with E-state index in [4.69, 9.17) is 0 Å². The quantitative estimate of drug-likeness (QED) is 0.780. The van der Waals surface area contributed by atoms with Crippen LogP contribution in [0, 0.1) is 6.92 Å². The molecule has 1 N–H and O–H groups in total. The Balaban J connectivity index is 1.95. The monoisotopic (exact) mass is 191 g/mol. The SMILES string of the molecule is Cc1nccc(NC2CCCCC2)n1. The molecule has 0 amide bonds. The predicted molar refractivity (Wildman–Crippen MR) is 57.3 cm³/mol. The average molecular weight is 191 g/mol. The molecule has 2 rings (SSSR count). The Kier molecular flexibility index (Phi) is 2.96. The summed E-state index contributed by atoms with van der Waals surface area (Å²) >= 11 is 0. The topological polar surface area (TPSA) is 37.8 Å². The molecule has 1 aromatic rings. The predicted octanol–water partition coefficient (Wildman–Crippen LogP) is 2.53. The number of nitrogens with zero attached hydrogens (tertiary/aromatic N) is 2. The van der Waals surface area contributed by atoms with Crippen molar-refractivity contribution in [3.8, 4) is 0 Å². The fraction of sp³-hybridized carbons (Fsp3) is 0.636. The second-order valence-electron chi connectivity index (χ2n) is 3.97. The van der Waals surface area contributed by atoms with E-state index in [9.17, 15) is 0 Å². The third-order valence-corrected chi connectivity index (χ3v) is 2.73. The molecular weight excluding hydrogens is 174 g/mol. The second-order valence-corrected chi connectivity index (χ2v) is 3.97. The number of aromatic nitrogens is 2. The van der Waals surface area contributed by atoms with Gasteiger partial charge in [0.1, 0.15) is 11.6 Å². The molecule has 0 saturated heterocycles. The van der Waals surface area contributed by atoms with Gasteiger partial charge in [0.2, 0.25) is 0 Å². The third-order valence-electron chi connectivity index (χ3n) is 2.73. The van der Waals surface area contributed by atoms with Crippen molar-refractivity contribution in [2.24, 2.45) is 0 Å². The molecule has 0 spiro atoms. The first-order valence-electron chi connectivity index (χ1n) is 5.41. The number of hydrogen-bond donors (Lipinski definition) is 1. The molecule has 0 aromatic carbocycles. The fourth-order valence-electron chi connectivity index (χ4n) is 1.99. The zero-order valence-corrected chi connectivity index (χ0v) is 8.66. The first-order valence-corrected chi connectivity index (χ1v) is 5.41. The van der Waals surface area contributed by atoms with Crippen LogP contribution in [-0.2, 0) is 0 Å². The number of nitrogens with one attached hydrogen (secondary N) is 1. The maximum Gasteiger partial charge on any atom is 0.129 e. The molecule has 1 saturated carbocycles. The van der Waals surface area contributed by atoms with Gasteiger partial charge in [-0.25, -0.2) is 9.97 Å². The minimum atomic E-state index is 0.623. The second kappa shape index (κ2) is 4.40. The summed E-state index contributed by atoms with van der Waals surface area (Å²) < 4.78 is 0. The Labute approximate surface area is 85.0 Å². The Bertz CT molecular complexity index is 292. The molecule has 0 atom stereocenters. The summed E-state index contributed by atoms with van der Waals surface area (Å²) in [7, 11) is 0. The first kappa shape index (κ1) is 9.44. The fourth-order valence-corrected chi connectivity index (χ4v) is 1.99. The summed E-state index contributed by atoms with van der Waals surface area (Å²) in [6, 6.07) is 2.57. The summed E-state index contributed by atoms with van der Waals surface area (Å²) in [4.78, 5) is 8.43. The van der Waals surface area contributed by atoms with Crippen LogP contribution in [0.2, 0.25) is 0 Å². The van der Waals surface area contributed by atoms with E-state index in [1.807, 2.05) is 19.2 Å². The minimum absolute atomic E-state index is 0.623. The van der Waals surface area contributed by atoms with Crippen LogP contribution < -0.4 is 5.32 Å². The van der Waals surface area contributed by atoms with E-state index in [2.05, 4.69) is 15.3 Å². The highest BCUT2D eigenvalue weighted by atomic mass is 15.0. The molecule has 0 bridgehead atoms. The molecule has 76 valence electrons. The van der Waals surface area contributed by atoms with Crippen molar-refractivity contribution in [3.63, 3.8) is 0 Å². The van der Waals surface area contributed by atoms with Gasteiger partial charge in [0.15, 0.2) is 0 Å². The van der Waals surface area contributed by atoms with Crippen molar-refractivity contribution in [1.82, 2.24) is 9.97 Å². The molecule has 3 nitrogen and oxygen atoms in total.